The first-order valence-corrected chi connectivity index (χ1v) is 13.3. The van der Waals surface area contributed by atoms with E-state index < -0.39 is 22.9 Å². The lowest BCUT2D eigenvalue weighted by Crippen LogP contribution is -2.65. The Morgan fingerprint density at radius 1 is 1.06 bits per heavy atom. The lowest BCUT2D eigenvalue weighted by atomic mass is 9.34. The highest BCUT2D eigenvalue weighted by Crippen LogP contribution is 2.75. The van der Waals surface area contributed by atoms with Gasteiger partial charge in [-0.15, -0.1) is 0 Å². The number of fused-ring (bicyclic) bond motifs is 7. The van der Waals surface area contributed by atoms with Gasteiger partial charge in [-0.25, -0.2) is 0 Å². The highest BCUT2D eigenvalue weighted by Gasteiger charge is 2.69. The maximum atomic E-state index is 12.6. The van der Waals surface area contributed by atoms with Gasteiger partial charge >= 0.3 is 5.97 Å². The number of allylic oxidation sites excluding steroid dienone is 3. The zero-order valence-electron chi connectivity index (χ0n) is 21.1. The van der Waals surface area contributed by atoms with Crippen molar-refractivity contribution in [2.75, 3.05) is 6.61 Å². The molecule has 0 amide bonds. The van der Waals surface area contributed by atoms with Crippen molar-refractivity contribution in [2.45, 2.75) is 98.0 Å². The van der Waals surface area contributed by atoms with Crippen LogP contribution in [0.15, 0.2) is 23.8 Å². The summed E-state index contributed by atoms with van der Waals surface area (Å²) >= 11 is 0. The second-order valence-electron chi connectivity index (χ2n) is 13.5. The SMILES string of the molecule is C=C1CC[C@]2(C(=O)O)CC[C@]3(C)C(=CC[C@@H]4[C@@]5(C)CC[C@@H](O)[C@](C)(CO)[C@H]5CC[C@]43C)[C@H]2C1. The third-order valence-electron chi connectivity index (χ3n) is 12.6. The van der Waals surface area contributed by atoms with Crippen molar-refractivity contribution >= 4 is 5.97 Å². The van der Waals surface area contributed by atoms with E-state index in [1.807, 2.05) is 0 Å². The number of carbonyl (C=O) groups is 1. The van der Waals surface area contributed by atoms with Crippen LogP contribution in [0.25, 0.3) is 0 Å². The van der Waals surface area contributed by atoms with Crippen molar-refractivity contribution in [1.29, 1.82) is 0 Å². The molecule has 0 radical (unpaired) electrons. The van der Waals surface area contributed by atoms with E-state index in [1.54, 1.807) is 0 Å². The standard InChI is InChI=1S/C29H44O4/c1-18-8-13-29(24(32)33)15-14-27(4)19(20(29)16-18)6-7-22-25(2)11-10-23(31)26(3,17-30)21(25)9-12-28(22,27)5/h6,20-23,30-31H,1,7-17H2,2-5H3,(H,32,33)/t20-,21+,22-,23-,25+,26-,27-,28-,29+/m1/s1. The lowest BCUT2D eigenvalue weighted by molar-refractivity contribution is -0.215. The van der Waals surface area contributed by atoms with Gasteiger partial charge in [-0.05, 0) is 92.3 Å². The molecule has 3 N–H and O–H groups in total. The average molecular weight is 457 g/mol. The van der Waals surface area contributed by atoms with Crippen molar-refractivity contribution in [3.05, 3.63) is 23.8 Å². The van der Waals surface area contributed by atoms with E-state index >= 15 is 0 Å². The normalized spacial score (nSPS) is 53.8. The zero-order valence-corrected chi connectivity index (χ0v) is 21.1. The smallest absolute Gasteiger partial charge is 0.310 e. The van der Waals surface area contributed by atoms with Crippen LogP contribution >= 0.6 is 0 Å². The third kappa shape index (κ3) is 2.74. The number of rotatable bonds is 2. The van der Waals surface area contributed by atoms with Crippen molar-refractivity contribution in [1.82, 2.24) is 0 Å². The molecule has 0 aromatic heterocycles. The summed E-state index contributed by atoms with van der Waals surface area (Å²) in [6.07, 6.45) is 11.0. The average Bonchev–Trinajstić information content (AvgIpc) is 2.77. The van der Waals surface area contributed by atoms with E-state index in [0.717, 1.165) is 64.2 Å². The number of carboxylic acid groups (broad SMARTS) is 1. The molecule has 0 unspecified atom stereocenters. The predicted octanol–water partition coefficient (Wildman–Crippen LogP) is 5.74. The fourth-order valence-electron chi connectivity index (χ4n) is 10.2. The van der Waals surface area contributed by atoms with Gasteiger partial charge in [0, 0.05) is 11.3 Å². The van der Waals surface area contributed by atoms with E-state index in [2.05, 4.69) is 40.3 Å². The number of carboxylic acids is 1. The van der Waals surface area contributed by atoms with E-state index in [9.17, 15) is 20.1 Å². The summed E-state index contributed by atoms with van der Waals surface area (Å²) in [7, 11) is 0. The van der Waals surface area contributed by atoms with Gasteiger partial charge < -0.3 is 15.3 Å². The zero-order chi connectivity index (χ0) is 24.0. The van der Waals surface area contributed by atoms with Gasteiger partial charge in [0.25, 0.3) is 0 Å². The van der Waals surface area contributed by atoms with Gasteiger partial charge in [-0.1, -0.05) is 51.5 Å². The number of hydrogen-bond acceptors (Lipinski definition) is 3. The minimum Gasteiger partial charge on any atom is -0.481 e. The molecule has 4 nitrogen and oxygen atoms in total. The lowest BCUT2D eigenvalue weighted by Gasteiger charge is -2.71. The van der Waals surface area contributed by atoms with Crippen molar-refractivity contribution < 1.29 is 20.1 Å². The Bertz CT molecular complexity index is 907. The van der Waals surface area contributed by atoms with Crippen molar-refractivity contribution in [3.8, 4) is 0 Å². The molecular weight excluding hydrogens is 412 g/mol. The molecule has 0 bridgehead atoms. The van der Waals surface area contributed by atoms with Crippen LogP contribution in [0.2, 0.25) is 0 Å². The monoisotopic (exact) mass is 456 g/mol. The molecule has 5 rings (SSSR count). The van der Waals surface area contributed by atoms with E-state index in [1.165, 1.54) is 11.1 Å². The van der Waals surface area contributed by atoms with Crippen LogP contribution in [-0.4, -0.2) is 34.0 Å². The first-order valence-electron chi connectivity index (χ1n) is 13.3. The van der Waals surface area contributed by atoms with Crippen LogP contribution in [0.5, 0.6) is 0 Å². The Morgan fingerprint density at radius 3 is 2.45 bits per heavy atom. The van der Waals surface area contributed by atoms with Crippen LogP contribution in [0.3, 0.4) is 0 Å². The molecule has 0 saturated heterocycles. The largest absolute Gasteiger partial charge is 0.481 e. The van der Waals surface area contributed by atoms with Crippen LogP contribution in [0.1, 0.15) is 91.9 Å². The second-order valence-corrected chi connectivity index (χ2v) is 13.5. The molecule has 0 spiro atoms. The number of aliphatic hydroxyl groups is 2. The summed E-state index contributed by atoms with van der Waals surface area (Å²) in [6, 6.07) is 0. The van der Waals surface area contributed by atoms with Gasteiger partial charge in [0.1, 0.15) is 0 Å². The van der Waals surface area contributed by atoms with E-state index in [-0.39, 0.29) is 28.8 Å². The van der Waals surface area contributed by atoms with E-state index in [4.69, 9.17) is 0 Å². The summed E-state index contributed by atoms with van der Waals surface area (Å²) in [6.45, 7) is 13.8. The molecule has 0 aromatic rings. The first-order chi connectivity index (χ1) is 15.4. The number of aliphatic carboxylic acids is 1. The maximum absolute atomic E-state index is 12.6. The number of hydrogen-bond donors (Lipinski definition) is 3. The first kappa shape index (κ1) is 23.6. The van der Waals surface area contributed by atoms with Gasteiger partial charge in [-0.3, -0.25) is 4.79 Å². The fraction of sp³-hybridized carbons (Fsp3) is 0.828. The van der Waals surface area contributed by atoms with Gasteiger partial charge in [-0.2, -0.15) is 0 Å². The molecule has 184 valence electrons. The molecule has 0 aromatic carbocycles. The Balaban J connectivity index is 1.59. The topological polar surface area (TPSA) is 77.8 Å². The minimum absolute atomic E-state index is 0.00316. The fourth-order valence-corrected chi connectivity index (χ4v) is 10.2. The summed E-state index contributed by atoms with van der Waals surface area (Å²) in [4.78, 5) is 12.6. The molecule has 4 heteroatoms. The van der Waals surface area contributed by atoms with Crippen molar-refractivity contribution in [2.24, 2.45) is 44.8 Å². The molecule has 5 aliphatic carbocycles. The summed E-state index contributed by atoms with van der Waals surface area (Å²) < 4.78 is 0. The second kappa shape index (κ2) is 7.20. The Labute approximate surface area is 199 Å². The Morgan fingerprint density at radius 2 is 1.79 bits per heavy atom. The van der Waals surface area contributed by atoms with Gasteiger partial charge in [0.05, 0.1) is 18.1 Å². The molecular formula is C29H44O4. The third-order valence-corrected chi connectivity index (χ3v) is 12.6. The van der Waals surface area contributed by atoms with Crippen molar-refractivity contribution in [3.63, 3.8) is 0 Å². The highest BCUT2D eigenvalue weighted by molar-refractivity contribution is 5.77. The number of aliphatic hydroxyl groups excluding tert-OH is 2. The minimum atomic E-state index is -0.624. The molecule has 5 aliphatic rings. The molecule has 4 saturated carbocycles. The quantitative estimate of drug-likeness (QED) is 0.463. The van der Waals surface area contributed by atoms with Gasteiger partial charge in [0.15, 0.2) is 0 Å². The molecule has 9 atom stereocenters. The summed E-state index contributed by atoms with van der Waals surface area (Å²) in [5.74, 6) is 0.270. The van der Waals surface area contributed by atoms with Crippen LogP contribution in [-0.2, 0) is 4.79 Å². The summed E-state index contributed by atoms with van der Waals surface area (Å²) in [5, 5.41) is 31.6. The van der Waals surface area contributed by atoms with Crippen LogP contribution < -0.4 is 0 Å². The van der Waals surface area contributed by atoms with Gasteiger partial charge in [0.2, 0.25) is 0 Å². The summed E-state index contributed by atoms with van der Waals surface area (Å²) in [5.41, 5.74) is 1.74. The molecule has 4 fully saturated rings. The molecule has 0 aliphatic heterocycles. The maximum Gasteiger partial charge on any atom is 0.310 e. The van der Waals surface area contributed by atoms with Crippen LogP contribution in [0, 0.1) is 44.8 Å². The van der Waals surface area contributed by atoms with E-state index in [0.29, 0.717) is 11.8 Å². The van der Waals surface area contributed by atoms with Crippen LogP contribution in [0.4, 0.5) is 0 Å². The Hall–Kier alpha value is -1.13. The highest BCUT2D eigenvalue weighted by atomic mass is 16.4. The Kier molecular flexibility index (Phi) is 5.15. The molecule has 0 heterocycles. The molecule has 33 heavy (non-hydrogen) atoms. The predicted molar refractivity (Wildman–Crippen MR) is 129 cm³/mol.